The third-order valence-corrected chi connectivity index (χ3v) is 3.76. The first-order valence-corrected chi connectivity index (χ1v) is 7.23. The molecule has 2 rings (SSSR count). The Kier molecular flexibility index (Phi) is 4.96. The van der Waals surface area contributed by atoms with Crippen molar-refractivity contribution in [1.82, 2.24) is 3.96 Å². The number of aromatic nitrogens is 1. The van der Waals surface area contributed by atoms with Gasteiger partial charge in [0.25, 0.3) is 5.56 Å². The van der Waals surface area contributed by atoms with Crippen LogP contribution in [0.5, 0.6) is 0 Å². The lowest BCUT2D eigenvalue weighted by Crippen LogP contribution is -2.13. The molecule has 1 aliphatic rings. The van der Waals surface area contributed by atoms with Gasteiger partial charge >= 0.3 is 0 Å². The summed E-state index contributed by atoms with van der Waals surface area (Å²) in [6, 6.07) is 1.59. The molecule has 0 spiro atoms. The highest BCUT2D eigenvalue weighted by atomic mass is 32.1. The van der Waals surface area contributed by atoms with Crippen LogP contribution >= 0.6 is 11.5 Å². The molecule has 1 aromatic heterocycles. The minimum Gasteiger partial charge on any atom is -0.465 e. The molecule has 1 aliphatic carbocycles. The lowest BCUT2D eigenvalue weighted by Gasteiger charge is -2.07. The maximum absolute atomic E-state index is 11.6. The topological polar surface area (TPSA) is 31.2 Å². The van der Waals surface area contributed by atoms with Crippen LogP contribution in [0.25, 0.3) is 0 Å². The standard InChI is InChI=1S/C16H17NO2S/c1-3-15(19-4-2)14-7-5-6-13(8-9-14)12-17-16(18)10-11-20-17/h3-7,9-11H,2,8,12H2,1H3/b15-3-. The molecule has 1 aromatic rings. The van der Waals surface area contributed by atoms with Gasteiger partial charge in [-0.15, -0.1) is 0 Å². The van der Waals surface area contributed by atoms with Crippen LogP contribution in [0.3, 0.4) is 0 Å². The van der Waals surface area contributed by atoms with Crippen molar-refractivity contribution in [1.29, 1.82) is 0 Å². The number of ether oxygens (including phenoxy) is 1. The first-order chi connectivity index (χ1) is 9.74. The molecule has 0 aromatic carbocycles. The Bertz CT molecular complexity index is 656. The summed E-state index contributed by atoms with van der Waals surface area (Å²) in [6.45, 7) is 6.14. The largest absolute Gasteiger partial charge is 0.465 e. The lowest BCUT2D eigenvalue weighted by atomic mass is 10.1. The SMILES string of the molecule is C=CO/C(=C\C)C1=CCC(Cn2sccc2=O)=CC=C1. The van der Waals surface area contributed by atoms with Crippen molar-refractivity contribution in [2.75, 3.05) is 0 Å². The molecule has 0 unspecified atom stereocenters. The van der Waals surface area contributed by atoms with Crippen molar-refractivity contribution in [3.63, 3.8) is 0 Å². The fourth-order valence-electron chi connectivity index (χ4n) is 1.95. The quantitative estimate of drug-likeness (QED) is 0.772. The second kappa shape index (κ2) is 6.91. The Morgan fingerprint density at radius 1 is 1.60 bits per heavy atom. The molecule has 4 heteroatoms. The fraction of sp³-hybridized carbons (Fsp3) is 0.188. The van der Waals surface area contributed by atoms with E-state index in [1.165, 1.54) is 23.4 Å². The zero-order valence-corrected chi connectivity index (χ0v) is 12.2. The summed E-state index contributed by atoms with van der Waals surface area (Å²) in [7, 11) is 0. The average Bonchev–Trinajstić information content (AvgIpc) is 2.72. The number of hydrogen-bond donors (Lipinski definition) is 0. The van der Waals surface area contributed by atoms with E-state index in [0.29, 0.717) is 6.54 Å². The van der Waals surface area contributed by atoms with Crippen LogP contribution in [0, 0.1) is 0 Å². The van der Waals surface area contributed by atoms with Crippen molar-refractivity contribution < 1.29 is 4.74 Å². The maximum Gasteiger partial charge on any atom is 0.260 e. The number of allylic oxidation sites excluding steroid dienone is 6. The minimum atomic E-state index is 0.0532. The molecule has 20 heavy (non-hydrogen) atoms. The van der Waals surface area contributed by atoms with Gasteiger partial charge in [-0.25, -0.2) is 0 Å². The number of hydrogen-bond acceptors (Lipinski definition) is 3. The van der Waals surface area contributed by atoms with Crippen LogP contribution in [0.4, 0.5) is 0 Å². The molecular weight excluding hydrogens is 270 g/mol. The fourth-order valence-corrected chi connectivity index (χ4v) is 2.68. The predicted molar refractivity (Wildman–Crippen MR) is 83.5 cm³/mol. The summed E-state index contributed by atoms with van der Waals surface area (Å²) >= 11 is 1.44. The van der Waals surface area contributed by atoms with E-state index in [0.717, 1.165) is 17.8 Å². The van der Waals surface area contributed by atoms with E-state index in [-0.39, 0.29) is 5.56 Å². The number of rotatable bonds is 5. The molecule has 0 saturated carbocycles. The molecule has 0 saturated heterocycles. The van der Waals surface area contributed by atoms with E-state index in [1.54, 1.807) is 10.0 Å². The molecule has 0 bridgehead atoms. The second-order valence-electron chi connectivity index (χ2n) is 4.27. The van der Waals surface area contributed by atoms with E-state index in [2.05, 4.69) is 18.7 Å². The van der Waals surface area contributed by atoms with Crippen LogP contribution in [0.15, 0.2) is 76.4 Å². The second-order valence-corrected chi connectivity index (χ2v) is 5.19. The zero-order valence-electron chi connectivity index (χ0n) is 11.4. The van der Waals surface area contributed by atoms with Crippen LogP contribution in [-0.2, 0) is 11.3 Å². The first-order valence-electron chi connectivity index (χ1n) is 6.40. The summed E-state index contributed by atoms with van der Waals surface area (Å²) in [4.78, 5) is 11.6. The number of nitrogens with zero attached hydrogens (tertiary/aromatic N) is 1. The summed E-state index contributed by atoms with van der Waals surface area (Å²) in [5.41, 5.74) is 2.27. The summed E-state index contributed by atoms with van der Waals surface area (Å²) in [5, 5.41) is 1.81. The van der Waals surface area contributed by atoms with E-state index in [4.69, 9.17) is 4.74 Å². The highest BCUT2D eigenvalue weighted by Crippen LogP contribution is 2.20. The van der Waals surface area contributed by atoms with Gasteiger partial charge in [0.05, 0.1) is 12.8 Å². The molecule has 3 nitrogen and oxygen atoms in total. The molecule has 0 N–H and O–H groups in total. The van der Waals surface area contributed by atoms with Crippen molar-refractivity contribution in [2.24, 2.45) is 0 Å². The Morgan fingerprint density at radius 3 is 3.10 bits per heavy atom. The Labute approximate surface area is 122 Å². The Hall–Kier alpha value is -2.07. The van der Waals surface area contributed by atoms with Gasteiger partial charge < -0.3 is 4.74 Å². The van der Waals surface area contributed by atoms with Gasteiger partial charge in [0.15, 0.2) is 0 Å². The molecule has 0 amide bonds. The molecule has 0 atom stereocenters. The molecule has 0 radical (unpaired) electrons. The molecule has 0 fully saturated rings. The van der Waals surface area contributed by atoms with Gasteiger partial charge in [0.2, 0.25) is 0 Å². The monoisotopic (exact) mass is 287 g/mol. The van der Waals surface area contributed by atoms with Gasteiger partial charge in [-0.2, -0.15) is 0 Å². The van der Waals surface area contributed by atoms with Crippen molar-refractivity contribution in [2.45, 2.75) is 19.9 Å². The smallest absolute Gasteiger partial charge is 0.260 e. The van der Waals surface area contributed by atoms with E-state index < -0.39 is 0 Å². The van der Waals surface area contributed by atoms with Crippen LogP contribution < -0.4 is 5.56 Å². The van der Waals surface area contributed by atoms with Crippen LogP contribution in [0.1, 0.15) is 13.3 Å². The van der Waals surface area contributed by atoms with Crippen molar-refractivity contribution >= 4 is 11.5 Å². The maximum atomic E-state index is 11.6. The van der Waals surface area contributed by atoms with Gasteiger partial charge in [0, 0.05) is 17.0 Å². The molecule has 1 heterocycles. The summed E-state index contributed by atoms with van der Waals surface area (Å²) < 4.78 is 7.12. The van der Waals surface area contributed by atoms with Gasteiger partial charge in [-0.05, 0) is 25.0 Å². The first kappa shape index (κ1) is 14.3. The molecular formula is C16H17NO2S. The highest BCUT2D eigenvalue weighted by Gasteiger charge is 2.06. The van der Waals surface area contributed by atoms with Crippen LogP contribution in [-0.4, -0.2) is 3.96 Å². The molecule has 0 aliphatic heterocycles. The van der Waals surface area contributed by atoms with Crippen molar-refractivity contribution in [3.8, 4) is 0 Å². The summed E-state index contributed by atoms with van der Waals surface area (Å²) in [6.07, 6.45) is 12.3. The Balaban J connectivity index is 2.11. The van der Waals surface area contributed by atoms with Gasteiger partial charge in [0.1, 0.15) is 5.76 Å². The van der Waals surface area contributed by atoms with Gasteiger partial charge in [-0.1, -0.05) is 42.4 Å². The Morgan fingerprint density at radius 2 is 2.45 bits per heavy atom. The normalized spacial score (nSPS) is 15.3. The summed E-state index contributed by atoms with van der Waals surface area (Å²) in [5.74, 6) is 0.791. The van der Waals surface area contributed by atoms with E-state index in [9.17, 15) is 4.79 Å². The third kappa shape index (κ3) is 3.48. The lowest BCUT2D eigenvalue weighted by molar-refractivity contribution is 0.364. The highest BCUT2D eigenvalue weighted by molar-refractivity contribution is 7.04. The van der Waals surface area contributed by atoms with E-state index >= 15 is 0 Å². The average molecular weight is 287 g/mol. The van der Waals surface area contributed by atoms with Crippen LogP contribution in [0.2, 0.25) is 0 Å². The third-order valence-electron chi connectivity index (χ3n) is 2.94. The minimum absolute atomic E-state index is 0.0532. The van der Waals surface area contributed by atoms with E-state index in [1.807, 2.05) is 30.5 Å². The zero-order chi connectivity index (χ0) is 14.4. The predicted octanol–water partition coefficient (Wildman–Crippen LogP) is 3.79. The molecule has 104 valence electrons. The van der Waals surface area contributed by atoms with Crippen molar-refractivity contribution in [3.05, 3.63) is 81.9 Å². The van der Waals surface area contributed by atoms with Gasteiger partial charge in [-0.3, -0.25) is 8.75 Å².